The molecule has 6 heteroatoms. The summed E-state index contributed by atoms with van der Waals surface area (Å²) >= 11 is 6.02. The molecule has 1 aliphatic rings. The van der Waals surface area contributed by atoms with Gasteiger partial charge in [-0.1, -0.05) is 29.8 Å². The van der Waals surface area contributed by atoms with Crippen LogP contribution in [0.5, 0.6) is 5.75 Å². The van der Waals surface area contributed by atoms with E-state index in [1.54, 1.807) is 0 Å². The van der Waals surface area contributed by atoms with Crippen molar-refractivity contribution in [2.45, 2.75) is 26.7 Å². The molecule has 152 valence electrons. The van der Waals surface area contributed by atoms with Gasteiger partial charge in [0, 0.05) is 43.3 Å². The Morgan fingerprint density at radius 1 is 1.04 bits per heavy atom. The summed E-state index contributed by atoms with van der Waals surface area (Å²) in [5, 5.41) is 0.738. The first-order valence-corrected chi connectivity index (χ1v) is 9.89. The lowest BCUT2D eigenvalue weighted by Gasteiger charge is -2.36. The lowest BCUT2D eigenvalue weighted by molar-refractivity contribution is -0.131. The van der Waals surface area contributed by atoms with Crippen LogP contribution < -0.4 is 9.64 Å². The molecular weight excluding hydrogens is 487 g/mol. The fourth-order valence-electron chi connectivity index (χ4n) is 3.39. The molecule has 0 atom stereocenters. The predicted molar refractivity (Wildman–Crippen MR) is 126 cm³/mol. The normalized spacial score (nSPS) is 13.8. The van der Waals surface area contributed by atoms with E-state index in [1.807, 2.05) is 30.0 Å². The van der Waals surface area contributed by atoms with Gasteiger partial charge >= 0.3 is 0 Å². The van der Waals surface area contributed by atoms with Crippen LogP contribution in [0, 0.1) is 13.8 Å². The fourth-order valence-corrected chi connectivity index (χ4v) is 3.51. The third-order valence-corrected chi connectivity index (χ3v) is 5.45. The van der Waals surface area contributed by atoms with Crippen LogP contribution in [0.15, 0.2) is 42.5 Å². The monoisotopic (exact) mass is 514 g/mol. The van der Waals surface area contributed by atoms with Gasteiger partial charge < -0.3 is 14.5 Å². The first-order chi connectivity index (χ1) is 13.0. The van der Waals surface area contributed by atoms with E-state index in [2.05, 4.69) is 36.1 Å². The number of halogens is 2. The topological polar surface area (TPSA) is 32.8 Å². The van der Waals surface area contributed by atoms with E-state index < -0.39 is 0 Å². The number of benzene rings is 2. The molecule has 1 aliphatic heterocycles. The first-order valence-electron chi connectivity index (χ1n) is 9.52. The van der Waals surface area contributed by atoms with Crippen molar-refractivity contribution < 1.29 is 9.53 Å². The van der Waals surface area contributed by atoms with Crippen LogP contribution in [0.4, 0.5) is 5.69 Å². The summed E-state index contributed by atoms with van der Waals surface area (Å²) in [5.41, 5.74) is 3.56. The smallest absolute Gasteiger partial charge is 0.222 e. The number of carbonyl (C=O) groups is 1. The summed E-state index contributed by atoms with van der Waals surface area (Å²) in [6.45, 7) is 7.96. The standard InChI is InChI=1S/C22H27ClN2O2.HI/c1-17-6-3-4-7-21(17)24-11-13-25(14-12-24)22(26)8-5-15-27-19-9-10-20(23)18(2)16-19;/h3-4,6-7,9-10,16H,5,8,11-15H2,1-2H3;1H. The molecule has 1 amide bonds. The number of carbonyl (C=O) groups excluding carboxylic acids is 1. The highest BCUT2D eigenvalue weighted by atomic mass is 127. The van der Waals surface area contributed by atoms with E-state index in [0.29, 0.717) is 13.0 Å². The number of para-hydroxylation sites is 1. The maximum Gasteiger partial charge on any atom is 0.222 e. The lowest BCUT2D eigenvalue weighted by atomic mass is 10.1. The minimum atomic E-state index is 0. The number of aryl methyl sites for hydroxylation is 2. The molecule has 0 aliphatic carbocycles. The number of nitrogens with zero attached hydrogens (tertiary/aromatic N) is 2. The molecule has 0 bridgehead atoms. The lowest BCUT2D eigenvalue weighted by Crippen LogP contribution is -2.49. The summed E-state index contributed by atoms with van der Waals surface area (Å²) in [5.74, 6) is 1.02. The van der Waals surface area contributed by atoms with Gasteiger partial charge in [-0.2, -0.15) is 0 Å². The highest BCUT2D eigenvalue weighted by Crippen LogP contribution is 2.22. The molecule has 4 nitrogen and oxygen atoms in total. The molecule has 0 radical (unpaired) electrons. The van der Waals surface area contributed by atoms with Crippen molar-refractivity contribution >= 4 is 47.2 Å². The number of amides is 1. The minimum Gasteiger partial charge on any atom is -0.494 e. The minimum absolute atomic E-state index is 0. The number of piperazine rings is 1. The van der Waals surface area contributed by atoms with E-state index >= 15 is 0 Å². The van der Waals surface area contributed by atoms with Crippen molar-refractivity contribution in [1.82, 2.24) is 4.90 Å². The Morgan fingerprint density at radius 3 is 2.43 bits per heavy atom. The van der Waals surface area contributed by atoms with Gasteiger partial charge in [-0.25, -0.2) is 0 Å². The van der Waals surface area contributed by atoms with Crippen LogP contribution >= 0.6 is 35.6 Å². The van der Waals surface area contributed by atoms with Gasteiger partial charge in [0.1, 0.15) is 5.75 Å². The van der Waals surface area contributed by atoms with Crippen molar-refractivity contribution in [2.24, 2.45) is 0 Å². The average molecular weight is 515 g/mol. The van der Waals surface area contributed by atoms with Gasteiger partial charge in [0.15, 0.2) is 0 Å². The van der Waals surface area contributed by atoms with E-state index in [0.717, 1.165) is 48.9 Å². The molecule has 2 aromatic carbocycles. The maximum absolute atomic E-state index is 12.5. The summed E-state index contributed by atoms with van der Waals surface area (Å²) in [4.78, 5) is 16.8. The van der Waals surface area contributed by atoms with Crippen molar-refractivity contribution in [3.05, 3.63) is 58.6 Å². The first kappa shape index (κ1) is 22.8. The highest BCUT2D eigenvalue weighted by molar-refractivity contribution is 14.0. The molecule has 0 N–H and O–H groups in total. The van der Waals surface area contributed by atoms with Crippen LogP contribution in [-0.4, -0.2) is 43.6 Å². The number of rotatable bonds is 6. The molecule has 3 rings (SSSR count). The van der Waals surface area contributed by atoms with Crippen molar-refractivity contribution in [3.63, 3.8) is 0 Å². The van der Waals surface area contributed by atoms with Gasteiger partial charge in [-0.3, -0.25) is 4.79 Å². The van der Waals surface area contributed by atoms with Crippen molar-refractivity contribution in [3.8, 4) is 5.75 Å². The number of anilines is 1. The third kappa shape index (κ3) is 6.01. The summed E-state index contributed by atoms with van der Waals surface area (Å²) < 4.78 is 5.73. The molecule has 0 aromatic heterocycles. The molecular formula is C22H28ClIN2O2. The number of hydrogen-bond acceptors (Lipinski definition) is 3. The summed E-state index contributed by atoms with van der Waals surface area (Å²) in [7, 11) is 0. The second kappa shape index (κ2) is 10.9. The van der Waals surface area contributed by atoms with Gasteiger partial charge in [0.05, 0.1) is 6.61 Å². The molecule has 2 aromatic rings. The summed E-state index contributed by atoms with van der Waals surface area (Å²) in [6.07, 6.45) is 1.25. The van der Waals surface area contributed by atoms with Crippen LogP contribution in [0.1, 0.15) is 24.0 Å². The van der Waals surface area contributed by atoms with Gasteiger partial charge in [0.2, 0.25) is 5.91 Å². The summed E-state index contributed by atoms with van der Waals surface area (Å²) in [6, 6.07) is 14.0. The van der Waals surface area contributed by atoms with E-state index in [-0.39, 0.29) is 29.9 Å². The second-order valence-electron chi connectivity index (χ2n) is 7.02. The second-order valence-corrected chi connectivity index (χ2v) is 7.42. The Labute approximate surface area is 189 Å². The Hall–Kier alpha value is -1.47. The Balaban J connectivity index is 0.00000280. The molecule has 1 heterocycles. The van der Waals surface area contributed by atoms with Gasteiger partial charge in [0.25, 0.3) is 0 Å². The molecule has 0 unspecified atom stereocenters. The van der Waals surface area contributed by atoms with Crippen LogP contribution in [0.3, 0.4) is 0 Å². The van der Waals surface area contributed by atoms with Crippen LogP contribution in [0.25, 0.3) is 0 Å². The molecule has 1 saturated heterocycles. The maximum atomic E-state index is 12.5. The van der Waals surface area contributed by atoms with E-state index in [4.69, 9.17) is 16.3 Å². The van der Waals surface area contributed by atoms with Crippen molar-refractivity contribution in [2.75, 3.05) is 37.7 Å². The Morgan fingerprint density at radius 2 is 1.75 bits per heavy atom. The van der Waals surface area contributed by atoms with Crippen molar-refractivity contribution in [1.29, 1.82) is 0 Å². The largest absolute Gasteiger partial charge is 0.494 e. The highest BCUT2D eigenvalue weighted by Gasteiger charge is 2.21. The van der Waals surface area contributed by atoms with Gasteiger partial charge in [-0.05, 0) is 55.7 Å². The van der Waals surface area contributed by atoms with E-state index in [1.165, 1.54) is 11.3 Å². The fraction of sp³-hybridized carbons (Fsp3) is 0.409. The SMILES string of the molecule is Cc1cc(OCCCC(=O)N2CCN(c3ccccc3C)CC2)ccc1Cl.I. The zero-order valence-corrected chi connectivity index (χ0v) is 19.6. The number of ether oxygens (including phenoxy) is 1. The van der Waals surface area contributed by atoms with Gasteiger partial charge in [-0.15, -0.1) is 24.0 Å². The zero-order valence-electron chi connectivity index (χ0n) is 16.5. The average Bonchev–Trinajstić information content (AvgIpc) is 2.68. The molecule has 1 fully saturated rings. The molecule has 0 saturated carbocycles. The number of hydrogen-bond donors (Lipinski definition) is 0. The predicted octanol–water partition coefficient (Wildman–Crippen LogP) is 5.08. The Bertz CT molecular complexity index is 792. The molecule has 28 heavy (non-hydrogen) atoms. The zero-order chi connectivity index (χ0) is 19.2. The van der Waals surface area contributed by atoms with E-state index in [9.17, 15) is 4.79 Å². The third-order valence-electron chi connectivity index (χ3n) is 5.02. The Kier molecular flexibility index (Phi) is 8.89. The quantitative estimate of drug-likeness (QED) is 0.398. The van der Waals surface area contributed by atoms with Crippen LogP contribution in [0.2, 0.25) is 5.02 Å². The molecule has 0 spiro atoms. The van der Waals surface area contributed by atoms with Crippen LogP contribution in [-0.2, 0) is 4.79 Å².